The number of hydrogen-bond donors (Lipinski definition) is 0. The number of rotatable bonds is 4. The molecule has 0 aliphatic carbocycles. The largest absolute Gasteiger partial charge is 0.459 e. The monoisotopic (exact) mass is 367 g/mol. The number of imide groups is 1. The predicted octanol–water partition coefficient (Wildman–Crippen LogP) is 1.37. The van der Waals surface area contributed by atoms with Gasteiger partial charge in [0, 0.05) is 26.2 Å². The van der Waals surface area contributed by atoms with Crippen molar-refractivity contribution in [2.45, 2.75) is 19.0 Å². The van der Waals surface area contributed by atoms with Gasteiger partial charge >= 0.3 is 0 Å². The van der Waals surface area contributed by atoms with E-state index in [4.69, 9.17) is 4.42 Å². The molecule has 3 amide bonds. The maximum atomic E-state index is 12.8. The summed E-state index contributed by atoms with van der Waals surface area (Å²) in [5, 5.41) is 0. The van der Waals surface area contributed by atoms with Crippen LogP contribution in [0.4, 0.5) is 0 Å². The van der Waals surface area contributed by atoms with Gasteiger partial charge in [-0.1, -0.05) is 30.3 Å². The van der Waals surface area contributed by atoms with Crippen molar-refractivity contribution >= 4 is 17.7 Å². The van der Waals surface area contributed by atoms with Crippen LogP contribution in [0.3, 0.4) is 0 Å². The van der Waals surface area contributed by atoms with Crippen LogP contribution in [0.2, 0.25) is 0 Å². The first-order valence-electron chi connectivity index (χ1n) is 9.08. The van der Waals surface area contributed by atoms with Crippen LogP contribution in [-0.2, 0) is 16.1 Å². The molecule has 0 saturated carbocycles. The van der Waals surface area contributed by atoms with Gasteiger partial charge in [0.05, 0.1) is 25.3 Å². The van der Waals surface area contributed by atoms with Crippen LogP contribution < -0.4 is 0 Å². The summed E-state index contributed by atoms with van der Waals surface area (Å²) in [6.07, 6.45) is 1.69. The Hall–Kier alpha value is -2.93. The number of nitrogens with zero attached hydrogens (tertiary/aromatic N) is 3. The molecule has 27 heavy (non-hydrogen) atoms. The van der Waals surface area contributed by atoms with E-state index in [1.165, 1.54) is 11.2 Å². The lowest BCUT2D eigenvalue weighted by atomic mass is 10.1. The van der Waals surface area contributed by atoms with E-state index in [0.717, 1.165) is 5.56 Å². The standard InChI is InChI=1S/C20H21N3O4/c24-18-13-16(19(25)23(18)14-15-5-2-1-3-6-15)21-8-10-22(11-9-21)20(26)17-7-4-12-27-17/h1-7,12,16H,8-11,13-14H2/t16-/m1/s1. The highest BCUT2D eigenvalue weighted by Gasteiger charge is 2.42. The molecule has 1 aromatic heterocycles. The summed E-state index contributed by atoms with van der Waals surface area (Å²) >= 11 is 0. The maximum Gasteiger partial charge on any atom is 0.289 e. The Morgan fingerprint density at radius 3 is 2.41 bits per heavy atom. The fraction of sp³-hybridized carbons (Fsp3) is 0.350. The number of carbonyl (C=O) groups is 3. The molecular weight excluding hydrogens is 346 g/mol. The molecule has 2 aliphatic heterocycles. The van der Waals surface area contributed by atoms with E-state index in [1.807, 2.05) is 35.2 Å². The molecule has 1 atom stereocenters. The van der Waals surface area contributed by atoms with Crippen LogP contribution in [0.25, 0.3) is 0 Å². The van der Waals surface area contributed by atoms with E-state index in [-0.39, 0.29) is 24.1 Å². The van der Waals surface area contributed by atoms with Gasteiger partial charge in [-0.2, -0.15) is 0 Å². The Morgan fingerprint density at radius 1 is 1.00 bits per heavy atom. The Bertz CT molecular complexity index is 826. The van der Waals surface area contributed by atoms with Gasteiger partial charge in [0.1, 0.15) is 0 Å². The summed E-state index contributed by atoms with van der Waals surface area (Å²) in [6, 6.07) is 12.4. The zero-order valence-corrected chi connectivity index (χ0v) is 14.9. The number of hydrogen-bond acceptors (Lipinski definition) is 5. The second-order valence-corrected chi connectivity index (χ2v) is 6.83. The molecule has 0 spiro atoms. The Kier molecular flexibility index (Phi) is 4.77. The van der Waals surface area contributed by atoms with Crippen LogP contribution in [0.1, 0.15) is 22.5 Å². The number of piperazine rings is 1. The molecule has 1 aromatic carbocycles. The number of amides is 3. The van der Waals surface area contributed by atoms with Crippen molar-refractivity contribution in [2.24, 2.45) is 0 Å². The highest BCUT2D eigenvalue weighted by atomic mass is 16.3. The highest BCUT2D eigenvalue weighted by Crippen LogP contribution is 2.22. The summed E-state index contributed by atoms with van der Waals surface area (Å²) in [5.74, 6) is -0.0959. The SMILES string of the molecule is O=C(c1ccco1)N1CCN([C@@H]2CC(=O)N(Cc3ccccc3)C2=O)CC1. The van der Waals surface area contributed by atoms with E-state index in [9.17, 15) is 14.4 Å². The number of carbonyl (C=O) groups excluding carboxylic acids is 3. The Labute approximate surface area is 157 Å². The molecule has 140 valence electrons. The van der Waals surface area contributed by atoms with Crippen LogP contribution in [0.15, 0.2) is 53.1 Å². The van der Waals surface area contributed by atoms with Crippen LogP contribution >= 0.6 is 0 Å². The molecule has 7 heteroatoms. The first-order valence-corrected chi connectivity index (χ1v) is 9.08. The van der Waals surface area contributed by atoms with Crippen molar-refractivity contribution in [3.05, 3.63) is 60.1 Å². The molecule has 7 nitrogen and oxygen atoms in total. The molecule has 0 N–H and O–H groups in total. The third-order valence-electron chi connectivity index (χ3n) is 5.18. The molecule has 2 fully saturated rings. The van der Waals surface area contributed by atoms with E-state index in [1.54, 1.807) is 17.0 Å². The normalized spacial score (nSPS) is 21.1. The third-order valence-corrected chi connectivity index (χ3v) is 5.18. The van der Waals surface area contributed by atoms with E-state index in [0.29, 0.717) is 38.5 Å². The van der Waals surface area contributed by atoms with Crippen molar-refractivity contribution in [2.75, 3.05) is 26.2 Å². The van der Waals surface area contributed by atoms with Gasteiger partial charge in [-0.25, -0.2) is 0 Å². The Balaban J connectivity index is 1.37. The lowest BCUT2D eigenvalue weighted by Gasteiger charge is -2.36. The Morgan fingerprint density at radius 2 is 1.74 bits per heavy atom. The fourth-order valence-electron chi connectivity index (χ4n) is 3.68. The van der Waals surface area contributed by atoms with E-state index < -0.39 is 6.04 Å². The van der Waals surface area contributed by atoms with E-state index in [2.05, 4.69) is 0 Å². The average Bonchev–Trinajstić information content (AvgIpc) is 3.33. The van der Waals surface area contributed by atoms with Gasteiger partial charge < -0.3 is 9.32 Å². The first kappa shape index (κ1) is 17.5. The maximum absolute atomic E-state index is 12.8. The lowest BCUT2D eigenvalue weighted by molar-refractivity contribution is -0.140. The van der Waals surface area contributed by atoms with Gasteiger partial charge in [0.25, 0.3) is 5.91 Å². The zero-order valence-electron chi connectivity index (χ0n) is 14.9. The van der Waals surface area contributed by atoms with Crippen LogP contribution in [-0.4, -0.2) is 64.6 Å². The van der Waals surface area contributed by atoms with Crippen LogP contribution in [0.5, 0.6) is 0 Å². The highest BCUT2D eigenvalue weighted by molar-refractivity contribution is 6.05. The average molecular weight is 367 g/mol. The predicted molar refractivity (Wildman–Crippen MR) is 96.6 cm³/mol. The fourth-order valence-corrected chi connectivity index (χ4v) is 3.68. The van der Waals surface area contributed by atoms with Gasteiger partial charge in [-0.15, -0.1) is 0 Å². The summed E-state index contributed by atoms with van der Waals surface area (Å²) < 4.78 is 5.17. The molecule has 0 unspecified atom stereocenters. The summed E-state index contributed by atoms with van der Waals surface area (Å²) in [5.41, 5.74) is 0.939. The van der Waals surface area contributed by atoms with Gasteiger partial charge in [0.15, 0.2) is 5.76 Å². The molecule has 3 heterocycles. The van der Waals surface area contributed by atoms with Gasteiger partial charge in [-0.05, 0) is 17.7 Å². The smallest absolute Gasteiger partial charge is 0.289 e. The van der Waals surface area contributed by atoms with Crippen molar-refractivity contribution in [1.29, 1.82) is 0 Å². The van der Waals surface area contributed by atoms with E-state index >= 15 is 0 Å². The minimum Gasteiger partial charge on any atom is -0.459 e. The molecule has 2 aliphatic rings. The third kappa shape index (κ3) is 3.50. The molecule has 2 saturated heterocycles. The van der Waals surface area contributed by atoms with Crippen molar-refractivity contribution < 1.29 is 18.8 Å². The quantitative estimate of drug-likeness (QED) is 0.763. The molecule has 0 radical (unpaired) electrons. The first-order chi connectivity index (χ1) is 13.1. The second kappa shape index (κ2) is 7.36. The van der Waals surface area contributed by atoms with Crippen molar-refractivity contribution in [3.8, 4) is 0 Å². The number of likely N-dealkylation sites (tertiary alicyclic amines) is 1. The summed E-state index contributed by atoms with van der Waals surface area (Å²) in [6.45, 7) is 2.46. The minimum atomic E-state index is -0.429. The van der Waals surface area contributed by atoms with Crippen molar-refractivity contribution in [1.82, 2.24) is 14.7 Å². The van der Waals surface area contributed by atoms with Crippen LogP contribution in [0, 0.1) is 0 Å². The minimum absolute atomic E-state index is 0.136. The van der Waals surface area contributed by atoms with Crippen molar-refractivity contribution in [3.63, 3.8) is 0 Å². The van der Waals surface area contributed by atoms with Gasteiger partial charge in [-0.3, -0.25) is 24.2 Å². The number of furan rings is 1. The molecular formula is C20H21N3O4. The molecule has 4 rings (SSSR count). The van der Waals surface area contributed by atoms with Gasteiger partial charge in [0.2, 0.25) is 11.8 Å². The summed E-state index contributed by atoms with van der Waals surface area (Å²) in [4.78, 5) is 42.6. The lowest BCUT2D eigenvalue weighted by Crippen LogP contribution is -2.53. The molecule has 2 aromatic rings. The number of benzene rings is 1. The molecule has 0 bridgehead atoms. The second-order valence-electron chi connectivity index (χ2n) is 6.83. The topological polar surface area (TPSA) is 74.1 Å². The zero-order chi connectivity index (χ0) is 18.8. The summed E-state index contributed by atoms with van der Waals surface area (Å²) in [7, 11) is 0.